The molecule has 0 amide bonds. The van der Waals surface area contributed by atoms with Gasteiger partial charge in [0.25, 0.3) is 0 Å². The molecule has 1 saturated heterocycles. The van der Waals surface area contributed by atoms with Crippen molar-refractivity contribution in [3.8, 4) is 11.3 Å². The van der Waals surface area contributed by atoms with Crippen LogP contribution in [0.1, 0.15) is 41.5 Å². The third kappa shape index (κ3) is 2.66. The molecule has 158 valence electrons. The molecule has 6 rings (SSSR count). The Balaban J connectivity index is 1.33. The molecule has 1 atom stereocenters. The van der Waals surface area contributed by atoms with Gasteiger partial charge < -0.3 is 15.2 Å². The van der Waals surface area contributed by atoms with E-state index in [1.807, 2.05) is 30.6 Å². The minimum absolute atomic E-state index is 0.120. The molecule has 3 aromatic heterocycles. The summed E-state index contributed by atoms with van der Waals surface area (Å²) >= 11 is 0. The van der Waals surface area contributed by atoms with Crippen LogP contribution in [0.15, 0.2) is 47.2 Å². The van der Waals surface area contributed by atoms with Gasteiger partial charge >= 0.3 is 0 Å². The molecule has 7 heteroatoms. The van der Waals surface area contributed by atoms with E-state index in [0.717, 1.165) is 66.4 Å². The number of benzene rings is 1. The number of aromatic nitrogens is 4. The summed E-state index contributed by atoms with van der Waals surface area (Å²) in [6.07, 6.45) is 6.79. The first-order valence-electron chi connectivity index (χ1n) is 10.9. The van der Waals surface area contributed by atoms with Gasteiger partial charge in [0.2, 0.25) is 0 Å². The fourth-order valence-electron chi connectivity index (χ4n) is 5.61. The average molecular weight is 415 g/mol. The monoisotopic (exact) mass is 414 g/mol. The molecule has 1 spiro atoms. The third-order valence-electron chi connectivity index (χ3n) is 7.36. The predicted molar refractivity (Wildman–Crippen MR) is 119 cm³/mol. The number of anilines is 1. The van der Waals surface area contributed by atoms with Crippen molar-refractivity contribution in [1.82, 2.24) is 19.8 Å². The van der Waals surface area contributed by atoms with Crippen LogP contribution in [-0.4, -0.2) is 32.8 Å². The van der Waals surface area contributed by atoms with E-state index in [0.29, 0.717) is 0 Å². The highest BCUT2D eigenvalue weighted by Gasteiger charge is 2.46. The standard InChI is InChI=1S/C24H26N6O/c1-15-21(19-14-27-31-16(19)2)30-20(7-10-26-30)23(28-15)29-11-8-24(9-12-29)13-17-5-3-4-6-18(17)22(24)25/h3-7,10,14,22H,8-9,11-13,25H2,1-2H3/t22-/m1/s1. The van der Waals surface area contributed by atoms with Crippen molar-refractivity contribution in [2.45, 2.75) is 39.2 Å². The van der Waals surface area contributed by atoms with Gasteiger partial charge in [-0.25, -0.2) is 9.50 Å². The number of aryl methyl sites for hydroxylation is 2. The van der Waals surface area contributed by atoms with Gasteiger partial charge in [-0.05, 0) is 55.7 Å². The molecule has 31 heavy (non-hydrogen) atoms. The lowest BCUT2D eigenvalue weighted by atomic mass is 9.73. The lowest BCUT2D eigenvalue weighted by molar-refractivity contribution is 0.187. The zero-order chi connectivity index (χ0) is 21.2. The van der Waals surface area contributed by atoms with E-state index in [2.05, 4.69) is 39.4 Å². The maximum atomic E-state index is 6.76. The number of nitrogens with two attached hydrogens (primary N) is 1. The van der Waals surface area contributed by atoms with Crippen LogP contribution in [-0.2, 0) is 6.42 Å². The first kappa shape index (κ1) is 18.6. The first-order valence-corrected chi connectivity index (χ1v) is 10.9. The maximum absolute atomic E-state index is 6.76. The van der Waals surface area contributed by atoms with E-state index >= 15 is 0 Å². The Morgan fingerprint density at radius 1 is 1.13 bits per heavy atom. The second-order valence-electron chi connectivity index (χ2n) is 9.00. The van der Waals surface area contributed by atoms with Crippen molar-refractivity contribution in [3.05, 3.63) is 65.3 Å². The van der Waals surface area contributed by atoms with Gasteiger partial charge in [0.1, 0.15) is 11.3 Å². The molecule has 4 heterocycles. The van der Waals surface area contributed by atoms with Gasteiger partial charge in [-0.3, -0.25) is 0 Å². The van der Waals surface area contributed by atoms with Gasteiger partial charge in [0.15, 0.2) is 5.82 Å². The van der Waals surface area contributed by atoms with Crippen LogP contribution in [0.3, 0.4) is 0 Å². The Bertz CT molecular complexity index is 1280. The molecule has 1 aliphatic carbocycles. The molecule has 0 unspecified atom stereocenters. The molecule has 0 radical (unpaired) electrons. The SMILES string of the molecule is Cc1nc(N2CCC3(CC2)Cc2ccccc2[C@H]3N)c2ccnn2c1-c1cnoc1C. The molecule has 1 fully saturated rings. The summed E-state index contributed by atoms with van der Waals surface area (Å²) in [6.45, 7) is 5.83. The fourth-order valence-corrected chi connectivity index (χ4v) is 5.61. The zero-order valence-electron chi connectivity index (χ0n) is 17.9. The molecule has 0 bridgehead atoms. The summed E-state index contributed by atoms with van der Waals surface area (Å²) < 4.78 is 7.27. The van der Waals surface area contributed by atoms with E-state index in [9.17, 15) is 0 Å². The number of nitrogens with zero attached hydrogens (tertiary/aromatic N) is 5. The Labute approximate surface area is 180 Å². The topological polar surface area (TPSA) is 85.5 Å². The average Bonchev–Trinajstić information content (AvgIpc) is 3.48. The molecule has 2 aliphatic rings. The normalized spacial score (nSPS) is 20.0. The summed E-state index contributed by atoms with van der Waals surface area (Å²) in [6, 6.07) is 10.8. The van der Waals surface area contributed by atoms with Gasteiger partial charge in [0, 0.05) is 19.1 Å². The first-order chi connectivity index (χ1) is 15.1. The molecule has 7 nitrogen and oxygen atoms in total. The Morgan fingerprint density at radius 3 is 2.68 bits per heavy atom. The minimum Gasteiger partial charge on any atom is -0.361 e. The van der Waals surface area contributed by atoms with Crippen molar-refractivity contribution in [2.24, 2.45) is 11.1 Å². The van der Waals surface area contributed by atoms with Crippen LogP contribution >= 0.6 is 0 Å². The van der Waals surface area contributed by atoms with Crippen LogP contribution in [0.2, 0.25) is 0 Å². The molecule has 2 N–H and O–H groups in total. The van der Waals surface area contributed by atoms with E-state index in [1.165, 1.54) is 11.1 Å². The van der Waals surface area contributed by atoms with Crippen molar-refractivity contribution in [1.29, 1.82) is 0 Å². The third-order valence-corrected chi connectivity index (χ3v) is 7.36. The Kier molecular flexibility index (Phi) is 3.99. The summed E-state index contributed by atoms with van der Waals surface area (Å²) in [7, 11) is 0. The second-order valence-corrected chi connectivity index (χ2v) is 9.00. The van der Waals surface area contributed by atoms with Crippen LogP contribution in [0.5, 0.6) is 0 Å². The lowest BCUT2D eigenvalue weighted by Gasteiger charge is -2.42. The highest BCUT2D eigenvalue weighted by molar-refractivity contribution is 5.75. The Morgan fingerprint density at radius 2 is 1.94 bits per heavy atom. The van der Waals surface area contributed by atoms with E-state index < -0.39 is 0 Å². The number of piperidine rings is 1. The number of rotatable bonds is 2. The van der Waals surface area contributed by atoms with E-state index in [4.69, 9.17) is 15.2 Å². The van der Waals surface area contributed by atoms with Gasteiger partial charge in [-0.2, -0.15) is 5.10 Å². The van der Waals surface area contributed by atoms with Gasteiger partial charge in [-0.15, -0.1) is 0 Å². The van der Waals surface area contributed by atoms with E-state index in [1.54, 1.807) is 6.20 Å². The summed E-state index contributed by atoms with van der Waals surface area (Å²) in [4.78, 5) is 7.43. The van der Waals surface area contributed by atoms with Crippen molar-refractivity contribution < 1.29 is 4.52 Å². The van der Waals surface area contributed by atoms with E-state index in [-0.39, 0.29) is 11.5 Å². The smallest absolute Gasteiger partial charge is 0.155 e. The van der Waals surface area contributed by atoms with Crippen molar-refractivity contribution >= 4 is 11.3 Å². The highest BCUT2D eigenvalue weighted by Crippen LogP contribution is 2.51. The summed E-state index contributed by atoms with van der Waals surface area (Å²) in [5.41, 5.74) is 13.5. The van der Waals surface area contributed by atoms with Gasteiger partial charge in [-0.1, -0.05) is 29.4 Å². The molecule has 1 aliphatic heterocycles. The van der Waals surface area contributed by atoms with Crippen LogP contribution in [0, 0.1) is 19.3 Å². The summed E-state index contributed by atoms with van der Waals surface area (Å²) in [5, 5.41) is 8.54. The number of hydrogen-bond acceptors (Lipinski definition) is 6. The fraction of sp³-hybridized carbons (Fsp3) is 0.375. The lowest BCUT2D eigenvalue weighted by Crippen LogP contribution is -2.44. The Hall–Kier alpha value is -3.19. The van der Waals surface area contributed by atoms with Crippen molar-refractivity contribution in [2.75, 3.05) is 18.0 Å². The molecule has 4 aromatic rings. The minimum atomic E-state index is 0.120. The van der Waals surface area contributed by atoms with Crippen LogP contribution in [0.4, 0.5) is 5.82 Å². The predicted octanol–water partition coefficient (Wildman–Crippen LogP) is 3.84. The van der Waals surface area contributed by atoms with Gasteiger partial charge in [0.05, 0.1) is 29.3 Å². The molecular weight excluding hydrogens is 388 g/mol. The highest BCUT2D eigenvalue weighted by atomic mass is 16.5. The molecule has 1 aromatic carbocycles. The number of hydrogen-bond donors (Lipinski definition) is 1. The second kappa shape index (κ2) is 6.65. The summed E-state index contributed by atoms with van der Waals surface area (Å²) in [5.74, 6) is 1.76. The van der Waals surface area contributed by atoms with Crippen LogP contribution < -0.4 is 10.6 Å². The molecule has 0 saturated carbocycles. The maximum Gasteiger partial charge on any atom is 0.155 e. The molecular formula is C24H26N6O. The quantitative estimate of drug-likeness (QED) is 0.536. The van der Waals surface area contributed by atoms with Crippen molar-refractivity contribution in [3.63, 3.8) is 0 Å². The zero-order valence-corrected chi connectivity index (χ0v) is 17.9. The number of fused-ring (bicyclic) bond motifs is 2. The van der Waals surface area contributed by atoms with Crippen LogP contribution in [0.25, 0.3) is 16.8 Å². The largest absolute Gasteiger partial charge is 0.361 e.